The van der Waals surface area contributed by atoms with Gasteiger partial charge in [0.2, 0.25) is 5.91 Å². The van der Waals surface area contributed by atoms with Crippen LogP contribution in [-0.4, -0.2) is 25.8 Å². The first kappa shape index (κ1) is 17.4. The number of anilines is 2. The second kappa shape index (κ2) is 7.40. The second-order valence-corrected chi connectivity index (χ2v) is 7.67. The van der Waals surface area contributed by atoms with Crippen molar-refractivity contribution in [1.82, 2.24) is 0 Å². The zero-order chi connectivity index (χ0) is 16.0. The molecular formula is C14H21FN2O3S. The average molecular weight is 316 g/mol. The van der Waals surface area contributed by atoms with Crippen LogP contribution in [0.25, 0.3) is 0 Å². The Balaban J connectivity index is 2.48. The molecule has 5 nitrogen and oxygen atoms in total. The monoisotopic (exact) mass is 316 g/mol. The van der Waals surface area contributed by atoms with Gasteiger partial charge in [-0.1, -0.05) is 13.8 Å². The molecule has 7 heteroatoms. The number of amides is 1. The molecule has 0 aromatic heterocycles. The summed E-state index contributed by atoms with van der Waals surface area (Å²) in [4.78, 5) is 11.7. The van der Waals surface area contributed by atoms with Gasteiger partial charge in [0.1, 0.15) is 5.82 Å². The van der Waals surface area contributed by atoms with Crippen LogP contribution in [0.4, 0.5) is 15.8 Å². The zero-order valence-corrected chi connectivity index (χ0v) is 13.0. The third kappa shape index (κ3) is 6.57. The van der Waals surface area contributed by atoms with Crippen molar-refractivity contribution >= 4 is 27.1 Å². The Morgan fingerprint density at radius 2 is 2.00 bits per heavy atom. The number of carbonyl (C=O) groups excluding carboxylic acids is 1. The van der Waals surface area contributed by atoms with Crippen molar-refractivity contribution in [3.05, 3.63) is 24.0 Å². The van der Waals surface area contributed by atoms with E-state index in [4.69, 9.17) is 5.73 Å². The fraction of sp³-hybridized carbons (Fsp3) is 0.500. The van der Waals surface area contributed by atoms with Crippen molar-refractivity contribution in [2.75, 3.05) is 22.6 Å². The average Bonchev–Trinajstić information content (AvgIpc) is 2.39. The standard InChI is InChI=1S/C14H21FN2O3S/c1-10(2)5-7-21(19,20)8-6-14(18)17-11-3-4-12(15)13(16)9-11/h3-4,9-10H,5-8,16H2,1-2H3,(H,17,18). The molecule has 1 rings (SSSR count). The fourth-order valence-corrected chi connectivity index (χ4v) is 3.14. The molecule has 1 amide bonds. The Morgan fingerprint density at radius 1 is 1.33 bits per heavy atom. The summed E-state index contributed by atoms with van der Waals surface area (Å²) < 4.78 is 36.5. The molecule has 0 saturated carbocycles. The highest BCUT2D eigenvalue weighted by Gasteiger charge is 2.14. The predicted octanol–water partition coefficient (Wildman–Crippen LogP) is 2.20. The lowest BCUT2D eigenvalue weighted by Crippen LogP contribution is -2.19. The number of rotatable bonds is 7. The third-order valence-corrected chi connectivity index (χ3v) is 4.61. The molecular weight excluding hydrogens is 295 g/mol. The Hall–Kier alpha value is -1.63. The number of halogens is 1. The Morgan fingerprint density at radius 3 is 2.57 bits per heavy atom. The van der Waals surface area contributed by atoms with Gasteiger partial charge in [-0.3, -0.25) is 4.79 Å². The summed E-state index contributed by atoms with van der Waals surface area (Å²) in [6, 6.07) is 3.81. The molecule has 3 N–H and O–H groups in total. The minimum Gasteiger partial charge on any atom is -0.396 e. The molecule has 118 valence electrons. The molecule has 0 spiro atoms. The molecule has 1 aromatic carbocycles. The lowest BCUT2D eigenvalue weighted by atomic mass is 10.2. The van der Waals surface area contributed by atoms with E-state index in [1.807, 2.05) is 13.8 Å². The molecule has 0 bridgehead atoms. The van der Waals surface area contributed by atoms with E-state index in [1.54, 1.807) is 0 Å². The first-order valence-corrected chi connectivity index (χ1v) is 8.57. The lowest BCUT2D eigenvalue weighted by Gasteiger charge is -2.08. The topological polar surface area (TPSA) is 89.3 Å². The number of hydrogen-bond acceptors (Lipinski definition) is 4. The van der Waals surface area contributed by atoms with Crippen LogP contribution >= 0.6 is 0 Å². The van der Waals surface area contributed by atoms with Crippen LogP contribution in [0.5, 0.6) is 0 Å². The number of nitrogen functional groups attached to an aromatic ring is 1. The highest BCUT2D eigenvalue weighted by Crippen LogP contribution is 2.16. The van der Waals surface area contributed by atoms with E-state index in [0.717, 1.165) is 6.07 Å². The van der Waals surface area contributed by atoms with Crippen LogP contribution in [0.2, 0.25) is 0 Å². The van der Waals surface area contributed by atoms with Crippen LogP contribution in [0.1, 0.15) is 26.7 Å². The van der Waals surface area contributed by atoms with Gasteiger partial charge in [-0.15, -0.1) is 0 Å². The van der Waals surface area contributed by atoms with Crippen molar-refractivity contribution in [2.45, 2.75) is 26.7 Å². The van der Waals surface area contributed by atoms with Gasteiger partial charge in [-0.2, -0.15) is 0 Å². The molecule has 0 saturated heterocycles. The van der Waals surface area contributed by atoms with Crippen molar-refractivity contribution in [3.8, 4) is 0 Å². The van der Waals surface area contributed by atoms with Crippen molar-refractivity contribution < 1.29 is 17.6 Å². The summed E-state index contributed by atoms with van der Waals surface area (Å²) in [7, 11) is -3.22. The van der Waals surface area contributed by atoms with E-state index >= 15 is 0 Å². The molecule has 0 aliphatic rings. The van der Waals surface area contributed by atoms with Gasteiger partial charge >= 0.3 is 0 Å². The minimum absolute atomic E-state index is 0.0719. The second-order valence-electron chi connectivity index (χ2n) is 5.37. The van der Waals surface area contributed by atoms with E-state index in [1.165, 1.54) is 12.1 Å². The van der Waals surface area contributed by atoms with Crippen LogP contribution in [0.3, 0.4) is 0 Å². The lowest BCUT2D eigenvalue weighted by molar-refractivity contribution is -0.115. The summed E-state index contributed by atoms with van der Waals surface area (Å²) in [6.45, 7) is 3.89. The summed E-state index contributed by atoms with van der Waals surface area (Å²) in [5.41, 5.74) is 5.66. The van der Waals surface area contributed by atoms with E-state index in [2.05, 4.69) is 5.32 Å². The zero-order valence-electron chi connectivity index (χ0n) is 12.2. The largest absolute Gasteiger partial charge is 0.396 e. The molecule has 0 atom stereocenters. The molecule has 0 aliphatic heterocycles. The van der Waals surface area contributed by atoms with Gasteiger partial charge in [-0.25, -0.2) is 12.8 Å². The number of carbonyl (C=O) groups is 1. The number of hydrogen-bond donors (Lipinski definition) is 2. The van der Waals surface area contributed by atoms with E-state index in [0.29, 0.717) is 18.0 Å². The summed E-state index contributed by atoms with van der Waals surface area (Å²) in [5.74, 6) is -0.807. The van der Waals surface area contributed by atoms with Gasteiger partial charge < -0.3 is 11.1 Å². The fourth-order valence-electron chi connectivity index (χ4n) is 1.61. The Kier molecular flexibility index (Phi) is 6.14. The number of sulfone groups is 1. The van der Waals surface area contributed by atoms with Crippen molar-refractivity contribution in [1.29, 1.82) is 0 Å². The maximum atomic E-state index is 13.0. The molecule has 0 unspecified atom stereocenters. The Labute approximate surface area is 124 Å². The third-order valence-electron chi connectivity index (χ3n) is 2.93. The van der Waals surface area contributed by atoms with Crippen LogP contribution in [0, 0.1) is 11.7 Å². The first-order valence-electron chi connectivity index (χ1n) is 6.75. The maximum Gasteiger partial charge on any atom is 0.225 e. The minimum atomic E-state index is -3.22. The van der Waals surface area contributed by atoms with Crippen LogP contribution in [0.15, 0.2) is 18.2 Å². The SMILES string of the molecule is CC(C)CCS(=O)(=O)CCC(=O)Nc1ccc(F)c(N)c1. The van der Waals surface area contributed by atoms with Crippen LogP contribution < -0.4 is 11.1 Å². The van der Waals surface area contributed by atoms with E-state index in [9.17, 15) is 17.6 Å². The van der Waals surface area contributed by atoms with Crippen LogP contribution in [-0.2, 0) is 14.6 Å². The van der Waals surface area contributed by atoms with Gasteiger partial charge in [-0.05, 0) is 30.5 Å². The quantitative estimate of drug-likeness (QED) is 0.755. The molecule has 0 aliphatic carbocycles. The van der Waals surface area contributed by atoms with Gasteiger partial charge in [0.15, 0.2) is 9.84 Å². The number of benzene rings is 1. The number of nitrogens with two attached hydrogens (primary N) is 1. The molecule has 21 heavy (non-hydrogen) atoms. The van der Waals surface area contributed by atoms with Crippen molar-refractivity contribution in [3.63, 3.8) is 0 Å². The number of nitrogens with one attached hydrogen (secondary N) is 1. The highest BCUT2D eigenvalue weighted by atomic mass is 32.2. The van der Waals surface area contributed by atoms with E-state index in [-0.39, 0.29) is 23.6 Å². The van der Waals surface area contributed by atoms with Gasteiger partial charge in [0, 0.05) is 12.1 Å². The highest BCUT2D eigenvalue weighted by molar-refractivity contribution is 7.91. The van der Waals surface area contributed by atoms with E-state index < -0.39 is 21.6 Å². The summed E-state index contributed by atoms with van der Waals surface area (Å²) in [6.07, 6.45) is 0.455. The molecule has 0 heterocycles. The summed E-state index contributed by atoms with van der Waals surface area (Å²) in [5, 5.41) is 2.50. The normalized spacial score (nSPS) is 11.6. The Bertz CT molecular complexity index is 600. The maximum absolute atomic E-state index is 13.0. The summed E-state index contributed by atoms with van der Waals surface area (Å²) >= 11 is 0. The first-order chi connectivity index (χ1) is 9.69. The smallest absolute Gasteiger partial charge is 0.225 e. The molecule has 0 fully saturated rings. The molecule has 1 aromatic rings. The van der Waals surface area contributed by atoms with Gasteiger partial charge in [0.05, 0.1) is 17.2 Å². The van der Waals surface area contributed by atoms with Gasteiger partial charge in [0.25, 0.3) is 0 Å². The molecule has 0 radical (unpaired) electrons. The predicted molar refractivity (Wildman–Crippen MR) is 82.2 cm³/mol. The van der Waals surface area contributed by atoms with Crippen molar-refractivity contribution in [2.24, 2.45) is 5.92 Å².